The molecule has 0 unspecified atom stereocenters. The van der Waals surface area contributed by atoms with Gasteiger partial charge in [-0.2, -0.15) is 0 Å². The largest absolute Gasteiger partial charge is 0.382 e. The number of pyridine rings is 1. The molecule has 6 rings (SSSR count). The highest BCUT2D eigenvalue weighted by Gasteiger charge is 2.54. The lowest BCUT2D eigenvalue weighted by Gasteiger charge is -2.22. The summed E-state index contributed by atoms with van der Waals surface area (Å²) in [6, 6.07) is 12.4. The minimum Gasteiger partial charge on any atom is -0.382 e. The average molecular weight is 537 g/mol. The predicted molar refractivity (Wildman–Crippen MR) is 153 cm³/mol. The van der Waals surface area contributed by atoms with Gasteiger partial charge >= 0.3 is 0 Å². The maximum atomic E-state index is 13.3. The Morgan fingerprint density at radius 3 is 2.62 bits per heavy atom. The summed E-state index contributed by atoms with van der Waals surface area (Å²) in [6.07, 6.45) is 11.8. The minimum atomic E-state index is -0.251. The van der Waals surface area contributed by atoms with E-state index in [2.05, 4.69) is 15.3 Å². The van der Waals surface area contributed by atoms with Gasteiger partial charge in [0.1, 0.15) is 28.7 Å². The van der Waals surface area contributed by atoms with E-state index in [-0.39, 0.29) is 23.3 Å². The molecule has 1 spiro atoms. The van der Waals surface area contributed by atoms with Gasteiger partial charge in [0.25, 0.3) is 5.91 Å². The van der Waals surface area contributed by atoms with Gasteiger partial charge in [-0.05, 0) is 63.0 Å². The van der Waals surface area contributed by atoms with Crippen LogP contribution in [0.4, 0.5) is 11.6 Å². The van der Waals surface area contributed by atoms with Gasteiger partial charge in [0.15, 0.2) is 0 Å². The zero-order chi connectivity index (χ0) is 27.9. The molecule has 2 fully saturated rings. The van der Waals surface area contributed by atoms with Crippen LogP contribution in [0.25, 0.3) is 16.8 Å². The van der Waals surface area contributed by atoms with Crippen LogP contribution in [0.5, 0.6) is 0 Å². The molecule has 204 valence electrons. The van der Waals surface area contributed by atoms with Crippen molar-refractivity contribution < 1.29 is 9.59 Å². The van der Waals surface area contributed by atoms with Crippen LogP contribution < -0.4 is 11.1 Å². The van der Waals surface area contributed by atoms with Crippen LogP contribution in [0, 0.1) is 5.41 Å². The Morgan fingerprint density at radius 2 is 1.93 bits per heavy atom. The Morgan fingerprint density at radius 1 is 1.12 bits per heavy atom. The minimum absolute atomic E-state index is 0.000718. The van der Waals surface area contributed by atoms with Crippen LogP contribution in [-0.2, 0) is 4.79 Å². The fourth-order valence-electron chi connectivity index (χ4n) is 5.45. The summed E-state index contributed by atoms with van der Waals surface area (Å²) in [5.74, 6) is 1.37. The number of nitrogens with zero attached hydrogens (tertiary/aromatic N) is 6. The number of nitrogens with two attached hydrogens (primary N) is 1. The number of benzene rings is 1. The van der Waals surface area contributed by atoms with Crippen LogP contribution in [0.2, 0.25) is 0 Å². The van der Waals surface area contributed by atoms with Gasteiger partial charge in [-0.1, -0.05) is 24.3 Å². The zero-order valence-corrected chi connectivity index (χ0v) is 22.6. The molecule has 1 saturated carbocycles. The number of carbonyl (C=O) groups excluding carboxylic acids is 2. The molecule has 1 aliphatic heterocycles. The van der Waals surface area contributed by atoms with Gasteiger partial charge in [-0.15, -0.1) is 0 Å². The van der Waals surface area contributed by atoms with E-state index in [1.54, 1.807) is 42.7 Å². The van der Waals surface area contributed by atoms with Crippen LogP contribution in [0.3, 0.4) is 0 Å². The third-order valence-corrected chi connectivity index (χ3v) is 7.71. The smallest absolute Gasteiger partial charge is 0.256 e. The Kier molecular flexibility index (Phi) is 6.55. The Hall–Kier alpha value is -4.57. The molecule has 10 nitrogen and oxygen atoms in total. The average Bonchev–Trinajstić information content (AvgIpc) is 3.42. The second-order valence-corrected chi connectivity index (χ2v) is 10.9. The number of amides is 2. The Labute approximate surface area is 232 Å². The van der Waals surface area contributed by atoms with Gasteiger partial charge < -0.3 is 20.9 Å². The molecule has 1 aromatic carbocycles. The maximum absolute atomic E-state index is 13.3. The molecule has 3 aromatic heterocycles. The number of hydrogen-bond acceptors (Lipinski definition) is 7. The maximum Gasteiger partial charge on any atom is 0.256 e. The molecule has 0 bridgehead atoms. The van der Waals surface area contributed by atoms with Gasteiger partial charge in [0.05, 0.1) is 6.04 Å². The summed E-state index contributed by atoms with van der Waals surface area (Å²) in [5, 5.41) is 2.80. The first-order valence-corrected chi connectivity index (χ1v) is 13.4. The van der Waals surface area contributed by atoms with Crippen LogP contribution in [-0.4, -0.2) is 68.2 Å². The number of nitrogens with one attached hydrogen (secondary N) is 1. The highest BCUT2D eigenvalue weighted by atomic mass is 16.2. The Bertz CT molecular complexity index is 1590. The molecule has 2 amide bonds. The van der Waals surface area contributed by atoms with E-state index >= 15 is 0 Å². The SMILES string of the molecule is CN(C)C/C=C/C(=O)N1CC2(CC2)C[C@H]1c1nc(-c2ccc(C(=O)Nc3ccccn3)cc2)c2c(N)nccn12. The lowest BCUT2D eigenvalue weighted by Crippen LogP contribution is -2.31. The molecular weight excluding hydrogens is 504 g/mol. The molecule has 10 heteroatoms. The van der Waals surface area contributed by atoms with Crippen molar-refractivity contribution in [2.45, 2.75) is 25.3 Å². The van der Waals surface area contributed by atoms with Crippen LogP contribution in [0.1, 0.15) is 41.5 Å². The number of likely N-dealkylation sites (tertiary alicyclic amines) is 1. The third-order valence-electron chi connectivity index (χ3n) is 7.71. The van der Waals surface area contributed by atoms with Crippen LogP contribution in [0.15, 0.2) is 73.2 Å². The number of likely N-dealkylation sites (N-methyl/N-ethyl adjacent to an activating group) is 1. The van der Waals surface area contributed by atoms with Crippen molar-refractivity contribution in [1.29, 1.82) is 0 Å². The van der Waals surface area contributed by atoms with Gasteiger partial charge in [0, 0.05) is 48.9 Å². The normalized spacial score (nSPS) is 17.8. The fraction of sp³-hybridized carbons (Fsp3) is 0.300. The highest BCUT2D eigenvalue weighted by Crippen LogP contribution is 2.58. The van der Waals surface area contributed by atoms with E-state index in [0.717, 1.165) is 37.2 Å². The van der Waals surface area contributed by atoms with E-state index in [4.69, 9.17) is 10.7 Å². The quantitative estimate of drug-likeness (QED) is 0.345. The predicted octanol–water partition coefficient (Wildman–Crippen LogP) is 3.80. The molecule has 1 atom stereocenters. The molecule has 4 heterocycles. The van der Waals surface area contributed by atoms with E-state index in [0.29, 0.717) is 35.0 Å². The number of imidazole rings is 1. The van der Waals surface area contributed by atoms with E-state index < -0.39 is 0 Å². The summed E-state index contributed by atoms with van der Waals surface area (Å²) < 4.78 is 1.97. The molecule has 1 aliphatic carbocycles. The highest BCUT2D eigenvalue weighted by molar-refractivity contribution is 6.04. The number of carbonyl (C=O) groups is 2. The standard InChI is InChI=1S/C30H32N8O2/c1-36(2)16-5-7-24(39)38-19-30(12-13-30)18-22(38)28-35-25(26-27(31)33-15-17-37(26)28)20-8-10-21(11-9-20)29(40)34-23-6-3-4-14-32-23/h3-11,14-15,17,22H,12-13,16,18-19H2,1-2H3,(H2,31,33)(H,32,34,40)/b7-5+/t22-/m0/s1. The molecule has 4 aromatic rings. The first-order valence-electron chi connectivity index (χ1n) is 13.4. The molecular formula is C30H32N8O2. The van der Waals surface area contributed by atoms with E-state index in [9.17, 15) is 9.59 Å². The second-order valence-electron chi connectivity index (χ2n) is 10.9. The van der Waals surface area contributed by atoms with Crippen LogP contribution >= 0.6 is 0 Å². The van der Waals surface area contributed by atoms with Crippen molar-refractivity contribution in [3.63, 3.8) is 0 Å². The Balaban J connectivity index is 1.33. The third kappa shape index (κ3) is 4.93. The summed E-state index contributed by atoms with van der Waals surface area (Å²) >= 11 is 0. The van der Waals surface area contributed by atoms with E-state index in [1.807, 2.05) is 58.8 Å². The molecule has 40 heavy (non-hydrogen) atoms. The number of fused-ring (bicyclic) bond motifs is 1. The van der Waals surface area contributed by atoms with Crippen molar-refractivity contribution in [3.8, 4) is 11.3 Å². The number of aromatic nitrogens is 4. The second kappa shape index (κ2) is 10.2. The van der Waals surface area contributed by atoms with Crippen molar-refractivity contribution in [2.75, 3.05) is 38.2 Å². The number of rotatable bonds is 7. The van der Waals surface area contributed by atoms with E-state index in [1.165, 1.54) is 0 Å². The topological polar surface area (TPSA) is 122 Å². The lowest BCUT2D eigenvalue weighted by molar-refractivity contribution is -0.127. The summed E-state index contributed by atoms with van der Waals surface area (Å²) in [5.41, 5.74) is 9.22. The number of anilines is 2. The number of nitrogen functional groups attached to an aromatic ring is 1. The summed E-state index contributed by atoms with van der Waals surface area (Å²) in [7, 11) is 3.95. The fourth-order valence-corrected chi connectivity index (χ4v) is 5.45. The van der Waals surface area contributed by atoms with Crippen molar-refractivity contribution in [2.24, 2.45) is 5.41 Å². The first-order chi connectivity index (χ1) is 19.3. The van der Waals surface area contributed by atoms with Crippen molar-refractivity contribution >= 4 is 29.0 Å². The zero-order valence-electron chi connectivity index (χ0n) is 22.6. The molecule has 0 radical (unpaired) electrons. The molecule has 2 aliphatic rings. The van der Waals surface area contributed by atoms with Gasteiger partial charge in [-0.3, -0.25) is 14.0 Å². The molecule has 1 saturated heterocycles. The summed E-state index contributed by atoms with van der Waals surface area (Å²) in [4.78, 5) is 43.6. The summed E-state index contributed by atoms with van der Waals surface area (Å²) in [6.45, 7) is 1.43. The van der Waals surface area contributed by atoms with Crippen molar-refractivity contribution in [3.05, 3.63) is 84.6 Å². The van der Waals surface area contributed by atoms with Crippen molar-refractivity contribution in [1.82, 2.24) is 29.2 Å². The number of hydrogen-bond donors (Lipinski definition) is 2. The molecule has 3 N–H and O–H groups in total. The first kappa shape index (κ1) is 25.7. The lowest BCUT2D eigenvalue weighted by atomic mass is 10.0. The van der Waals surface area contributed by atoms with Gasteiger partial charge in [-0.25, -0.2) is 15.0 Å². The van der Waals surface area contributed by atoms with Gasteiger partial charge in [0.2, 0.25) is 5.91 Å². The monoisotopic (exact) mass is 536 g/mol.